The quantitative estimate of drug-likeness (QED) is 0.583. The van der Waals surface area contributed by atoms with Crippen molar-refractivity contribution < 1.29 is 9.59 Å². The lowest BCUT2D eigenvalue weighted by atomic mass is 9.95. The third-order valence-electron chi connectivity index (χ3n) is 2.71. The van der Waals surface area contributed by atoms with Crippen molar-refractivity contribution in [3.05, 3.63) is 35.9 Å². The third-order valence-corrected chi connectivity index (χ3v) is 2.71. The van der Waals surface area contributed by atoms with E-state index in [9.17, 15) is 9.59 Å². The van der Waals surface area contributed by atoms with Crippen molar-refractivity contribution in [3.8, 4) is 11.8 Å². The van der Waals surface area contributed by atoms with Gasteiger partial charge in [0.25, 0.3) is 0 Å². The van der Waals surface area contributed by atoms with E-state index >= 15 is 0 Å². The zero-order valence-electron chi connectivity index (χ0n) is 9.40. The smallest absolute Gasteiger partial charge is 0.230 e. The molecule has 0 spiro atoms. The molecule has 1 aromatic carbocycles. The number of carbonyl (C=O) groups is 2. The second kappa shape index (κ2) is 5.31. The average Bonchev–Trinajstić information content (AvgIpc) is 2.33. The van der Waals surface area contributed by atoms with Gasteiger partial charge in [0.1, 0.15) is 0 Å². The van der Waals surface area contributed by atoms with E-state index in [0.29, 0.717) is 19.3 Å². The predicted octanol–water partition coefficient (Wildman–Crippen LogP) is 1.48. The Morgan fingerprint density at radius 2 is 2.00 bits per heavy atom. The Kier molecular flexibility index (Phi) is 3.56. The van der Waals surface area contributed by atoms with Gasteiger partial charge in [-0.2, -0.15) is 0 Å². The molecule has 0 radical (unpaired) electrons. The minimum absolute atomic E-state index is 0.149. The second-order valence-electron chi connectivity index (χ2n) is 4.02. The number of imide groups is 1. The fraction of sp³-hybridized carbons (Fsp3) is 0.286. The fourth-order valence-corrected chi connectivity index (χ4v) is 1.73. The zero-order chi connectivity index (χ0) is 12.1. The molecule has 0 bridgehead atoms. The van der Waals surface area contributed by atoms with Gasteiger partial charge in [-0.1, -0.05) is 30.0 Å². The second-order valence-corrected chi connectivity index (χ2v) is 4.02. The van der Waals surface area contributed by atoms with Gasteiger partial charge < -0.3 is 0 Å². The van der Waals surface area contributed by atoms with Crippen LogP contribution in [-0.4, -0.2) is 11.8 Å². The first-order valence-corrected chi connectivity index (χ1v) is 5.63. The van der Waals surface area contributed by atoms with Gasteiger partial charge in [-0.05, 0) is 18.6 Å². The van der Waals surface area contributed by atoms with E-state index in [0.717, 1.165) is 5.56 Å². The SMILES string of the molecule is O=C1CCC(CC#Cc2ccccc2)C(=O)N1. The lowest BCUT2D eigenvalue weighted by Gasteiger charge is -2.18. The molecule has 0 aliphatic carbocycles. The number of hydrogen-bond donors (Lipinski definition) is 1. The Morgan fingerprint density at radius 1 is 1.24 bits per heavy atom. The Labute approximate surface area is 100 Å². The van der Waals surface area contributed by atoms with Gasteiger partial charge in [-0.3, -0.25) is 14.9 Å². The molecule has 0 aromatic heterocycles. The van der Waals surface area contributed by atoms with Crippen LogP contribution in [0, 0.1) is 17.8 Å². The summed E-state index contributed by atoms with van der Waals surface area (Å²) in [6.07, 6.45) is 1.53. The maximum atomic E-state index is 11.4. The van der Waals surface area contributed by atoms with Gasteiger partial charge in [0.05, 0.1) is 0 Å². The standard InChI is InChI=1S/C14H13NO2/c16-13-10-9-12(14(17)15-13)8-4-7-11-5-2-1-3-6-11/h1-3,5-6,12H,8-10H2,(H,15,16,17). The van der Waals surface area contributed by atoms with Gasteiger partial charge in [0, 0.05) is 24.3 Å². The van der Waals surface area contributed by atoms with Gasteiger partial charge in [-0.25, -0.2) is 0 Å². The molecule has 1 heterocycles. The molecular formula is C14H13NO2. The molecule has 3 nitrogen and oxygen atoms in total. The number of benzene rings is 1. The van der Waals surface area contributed by atoms with Crippen molar-refractivity contribution in [1.29, 1.82) is 0 Å². The van der Waals surface area contributed by atoms with Crippen LogP contribution in [0.5, 0.6) is 0 Å². The molecule has 2 rings (SSSR count). The van der Waals surface area contributed by atoms with E-state index in [1.54, 1.807) is 0 Å². The Bertz CT molecular complexity index is 482. The molecule has 3 heteroatoms. The molecule has 86 valence electrons. The lowest BCUT2D eigenvalue weighted by Crippen LogP contribution is -2.40. The molecule has 1 aliphatic heterocycles. The van der Waals surface area contributed by atoms with Crippen molar-refractivity contribution in [2.24, 2.45) is 5.92 Å². The number of piperidine rings is 1. The van der Waals surface area contributed by atoms with Gasteiger partial charge in [0.2, 0.25) is 11.8 Å². The molecule has 1 aromatic rings. The van der Waals surface area contributed by atoms with Crippen LogP contribution in [0.1, 0.15) is 24.8 Å². The highest BCUT2D eigenvalue weighted by atomic mass is 16.2. The molecule has 17 heavy (non-hydrogen) atoms. The van der Waals surface area contributed by atoms with E-state index in [1.165, 1.54) is 0 Å². The number of rotatable bonds is 1. The first-order valence-electron chi connectivity index (χ1n) is 5.63. The Balaban J connectivity index is 1.93. The summed E-state index contributed by atoms with van der Waals surface area (Å²) in [6.45, 7) is 0. The molecule has 1 N–H and O–H groups in total. The number of carbonyl (C=O) groups excluding carboxylic acids is 2. The summed E-state index contributed by atoms with van der Waals surface area (Å²) in [7, 11) is 0. The first-order chi connectivity index (χ1) is 8.25. The third kappa shape index (κ3) is 3.18. The Hall–Kier alpha value is -2.08. The normalized spacial score (nSPS) is 19.2. The topological polar surface area (TPSA) is 46.2 Å². The molecule has 1 fully saturated rings. The number of amides is 2. The summed E-state index contributed by atoms with van der Waals surface area (Å²) in [6, 6.07) is 9.65. The predicted molar refractivity (Wildman–Crippen MR) is 63.8 cm³/mol. The highest BCUT2D eigenvalue weighted by Gasteiger charge is 2.25. The largest absolute Gasteiger partial charge is 0.296 e. The van der Waals surface area contributed by atoms with Gasteiger partial charge in [0.15, 0.2) is 0 Å². The first kappa shape index (κ1) is 11.4. The van der Waals surface area contributed by atoms with Crippen molar-refractivity contribution in [2.75, 3.05) is 0 Å². The van der Waals surface area contributed by atoms with Crippen LogP contribution in [0.3, 0.4) is 0 Å². The molecular weight excluding hydrogens is 214 g/mol. The molecule has 0 saturated carbocycles. The Morgan fingerprint density at radius 3 is 2.71 bits per heavy atom. The fourth-order valence-electron chi connectivity index (χ4n) is 1.73. The van der Waals surface area contributed by atoms with Crippen LogP contribution in [0.4, 0.5) is 0 Å². The van der Waals surface area contributed by atoms with E-state index in [2.05, 4.69) is 17.2 Å². The highest BCUT2D eigenvalue weighted by molar-refractivity contribution is 5.98. The summed E-state index contributed by atoms with van der Waals surface area (Å²) in [5, 5.41) is 2.33. The van der Waals surface area contributed by atoms with E-state index < -0.39 is 0 Å². The van der Waals surface area contributed by atoms with Crippen molar-refractivity contribution >= 4 is 11.8 Å². The van der Waals surface area contributed by atoms with Crippen molar-refractivity contribution in [1.82, 2.24) is 5.32 Å². The van der Waals surface area contributed by atoms with Crippen LogP contribution in [0.25, 0.3) is 0 Å². The molecule has 1 unspecified atom stereocenters. The van der Waals surface area contributed by atoms with Crippen LogP contribution < -0.4 is 5.32 Å². The molecule has 2 amide bonds. The molecule has 1 aliphatic rings. The minimum Gasteiger partial charge on any atom is -0.296 e. The monoisotopic (exact) mass is 227 g/mol. The van der Waals surface area contributed by atoms with Crippen LogP contribution >= 0.6 is 0 Å². The molecule has 1 atom stereocenters. The summed E-state index contributed by atoms with van der Waals surface area (Å²) in [4.78, 5) is 22.4. The van der Waals surface area contributed by atoms with E-state index in [4.69, 9.17) is 0 Å². The van der Waals surface area contributed by atoms with Crippen molar-refractivity contribution in [2.45, 2.75) is 19.3 Å². The van der Waals surface area contributed by atoms with Gasteiger partial charge >= 0.3 is 0 Å². The average molecular weight is 227 g/mol. The summed E-state index contributed by atoms with van der Waals surface area (Å²) < 4.78 is 0. The summed E-state index contributed by atoms with van der Waals surface area (Å²) in [5.41, 5.74) is 0.944. The van der Waals surface area contributed by atoms with Gasteiger partial charge in [-0.15, -0.1) is 0 Å². The lowest BCUT2D eigenvalue weighted by molar-refractivity contribution is -0.136. The highest BCUT2D eigenvalue weighted by Crippen LogP contribution is 2.15. The van der Waals surface area contributed by atoms with Crippen molar-refractivity contribution in [3.63, 3.8) is 0 Å². The minimum atomic E-state index is -0.191. The van der Waals surface area contributed by atoms with E-state index in [1.807, 2.05) is 30.3 Å². The maximum absolute atomic E-state index is 11.4. The molecule has 1 saturated heterocycles. The number of hydrogen-bond acceptors (Lipinski definition) is 2. The van der Waals surface area contributed by atoms with Crippen LogP contribution in [0.2, 0.25) is 0 Å². The van der Waals surface area contributed by atoms with E-state index in [-0.39, 0.29) is 17.7 Å². The summed E-state index contributed by atoms with van der Waals surface area (Å²) in [5.74, 6) is 5.48. The van der Waals surface area contributed by atoms with Crippen LogP contribution in [-0.2, 0) is 9.59 Å². The number of nitrogens with one attached hydrogen (secondary N) is 1. The van der Waals surface area contributed by atoms with Crippen LogP contribution in [0.15, 0.2) is 30.3 Å². The zero-order valence-corrected chi connectivity index (χ0v) is 9.40. The summed E-state index contributed by atoms with van der Waals surface area (Å²) >= 11 is 0. The maximum Gasteiger partial charge on any atom is 0.230 e.